The molecule has 2 heterocycles. The van der Waals surface area contributed by atoms with Crippen molar-refractivity contribution in [3.8, 4) is 10.6 Å². The predicted molar refractivity (Wildman–Crippen MR) is 57.3 cm³/mol. The Morgan fingerprint density at radius 1 is 1.57 bits per heavy atom. The lowest BCUT2D eigenvalue weighted by Crippen LogP contribution is -2.02. The lowest BCUT2D eigenvalue weighted by atomic mass is 10.1. The van der Waals surface area contributed by atoms with Gasteiger partial charge < -0.3 is 10.3 Å². The first-order chi connectivity index (χ1) is 6.81. The number of aromatic nitrogens is 1. The highest BCUT2D eigenvalue weighted by atomic mass is 32.1. The van der Waals surface area contributed by atoms with E-state index >= 15 is 0 Å². The van der Waals surface area contributed by atoms with Crippen LogP contribution in [-0.4, -0.2) is 11.7 Å². The molecule has 2 aromatic heterocycles. The second-order valence-electron chi connectivity index (χ2n) is 3.15. The Hall–Kier alpha value is -1.13. The van der Waals surface area contributed by atoms with Crippen molar-refractivity contribution in [2.24, 2.45) is 5.73 Å². The summed E-state index contributed by atoms with van der Waals surface area (Å²) >= 11 is 1.67. The van der Waals surface area contributed by atoms with E-state index in [1.54, 1.807) is 11.3 Å². The van der Waals surface area contributed by atoms with Gasteiger partial charge in [0.25, 0.3) is 0 Å². The van der Waals surface area contributed by atoms with E-state index in [0.717, 1.165) is 22.8 Å². The first-order valence-corrected chi connectivity index (χ1v) is 5.39. The molecule has 0 amide bonds. The van der Waals surface area contributed by atoms with E-state index in [-0.39, 0.29) is 0 Å². The highest BCUT2D eigenvalue weighted by Crippen LogP contribution is 2.30. The van der Waals surface area contributed by atoms with Gasteiger partial charge in [-0.05, 0) is 36.9 Å². The maximum atomic E-state index is 5.53. The first kappa shape index (κ1) is 9.43. The zero-order chi connectivity index (χ0) is 9.97. The topological polar surface area (TPSA) is 52.0 Å². The zero-order valence-electron chi connectivity index (χ0n) is 7.99. The molecular weight excluding hydrogens is 196 g/mol. The summed E-state index contributed by atoms with van der Waals surface area (Å²) in [6, 6.07) is 4.04. The first-order valence-electron chi connectivity index (χ1n) is 4.51. The summed E-state index contributed by atoms with van der Waals surface area (Å²) < 4.78 is 5.22. The van der Waals surface area contributed by atoms with Crippen molar-refractivity contribution in [1.29, 1.82) is 0 Å². The molecule has 0 aliphatic rings. The van der Waals surface area contributed by atoms with Gasteiger partial charge in [-0.25, -0.2) is 0 Å². The van der Waals surface area contributed by atoms with Gasteiger partial charge in [-0.3, -0.25) is 0 Å². The van der Waals surface area contributed by atoms with Gasteiger partial charge in [-0.15, -0.1) is 11.3 Å². The van der Waals surface area contributed by atoms with Crippen molar-refractivity contribution < 1.29 is 4.52 Å². The molecule has 0 spiro atoms. The van der Waals surface area contributed by atoms with E-state index in [2.05, 4.69) is 16.6 Å². The van der Waals surface area contributed by atoms with E-state index in [1.807, 2.05) is 13.0 Å². The van der Waals surface area contributed by atoms with E-state index in [1.165, 1.54) is 5.56 Å². The molecule has 0 aliphatic heterocycles. The lowest BCUT2D eigenvalue weighted by molar-refractivity contribution is 0.427. The second kappa shape index (κ2) is 3.94. The van der Waals surface area contributed by atoms with Crippen LogP contribution in [0.15, 0.2) is 22.0 Å². The number of nitrogens with two attached hydrogens (primary N) is 1. The Morgan fingerprint density at radius 3 is 3.07 bits per heavy atom. The van der Waals surface area contributed by atoms with E-state index < -0.39 is 0 Å². The smallest absolute Gasteiger partial charge is 0.177 e. The monoisotopic (exact) mass is 208 g/mol. The van der Waals surface area contributed by atoms with Crippen LogP contribution < -0.4 is 5.73 Å². The number of nitrogens with zero attached hydrogens (tertiary/aromatic N) is 1. The molecule has 4 heteroatoms. The molecule has 14 heavy (non-hydrogen) atoms. The van der Waals surface area contributed by atoms with Crippen LogP contribution in [0.2, 0.25) is 0 Å². The molecule has 0 fully saturated rings. The average molecular weight is 208 g/mol. The Kier molecular flexibility index (Phi) is 2.65. The molecule has 0 aliphatic carbocycles. The van der Waals surface area contributed by atoms with Gasteiger partial charge in [-0.2, -0.15) is 0 Å². The van der Waals surface area contributed by atoms with Crippen molar-refractivity contribution >= 4 is 11.3 Å². The third-order valence-corrected chi connectivity index (χ3v) is 2.98. The molecule has 2 N–H and O–H groups in total. The van der Waals surface area contributed by atoms with Crippen LogP contribution in [0.25, 0.3) is 10.6 Å². The van der Waals surface area contributed by atoms with Crippen molar-refractivity contribution in [3.05, 3.63) is 28.8 Å². The van der Waals surface area contributed by atoms with Crippen LogP contribution in [0.1, 0.15) is 11.3 Å². The number of thiophene rings is 1. The molecule has 0 saturated carbocycles. The van der Waals surface area contributed by atoms with Crippen LogP contribution in [0, 0.1) is 6.92 Å². The Balaban J connectivity index is 2.36. The summed E-state index contributed by atoms with van der Waals surface area (Å²) in [6.45, 7) is 2.58. The fourth-order valence-electron chi connectivity index (χ4n) is 1.37. The van der Waals surface area contributed by atoms with E-state index in [0.29, 0.717) is 6.54 Å². The molecule has 0 aromatic carbocycles. The van der Waals surface area contributed by atoms with Crippen molar-refractivity contribution in [2.45, 2.75) is 13.3 Å². The predicted octanol–water partition coefficient (Wildman–Crippen LogP) is 2.21. The maximum absolute atomic E-state index is 5.53. The molecule has 0 bridgehead atoms. The van der Waals surface area contributed by atoms with Gasteiger partial charge in [0.2, 0.25) is 0 Å². The van der Waals surface area contributed by atoms with Gasteiger partial charge in [0.1, 0.15) is 0 Å². The number of rotatable bonds is 3. The fourth-order valence-corrected chi connectivity index (χ4v) is 2.28. The van der Waals surface area contributed by atoms with Crippen molar-refractivity contribution in [1.82, 2.24) is 5.16 Å². The van der Waals surface area contributed by atoms with Gasteiger partial charge in [-0.1, -0.05) is 5.16 Å². The zero-order valence-corrected chi connectivity index (χ0v) is 8.80. The van der Waals surface area contributed by atoms with Crippen molar-refractivity contribution in [2.75, 3.05) is 6.54 Å². The molecule has 3 nitrogen and oxygen atoms in total. The fraction of sp³-hybridized carbons (Fsp3) is 0.300. The molecule has 0 saturated heterocycles. The minimum atomic E-state index is 0.664. The van der Waals surface area contributed by atoms with Crippen molar-refractivity contribution in [3.63, 3.8) is 0 Å². The van der Waals surface area contributed by atoms with Crippen LogP contribution in [0.5, 0.6) is 0 Å². The highest BCUT2D eigenvalue weighted by molar-refractivity contribution is 7.13. The molecule has 0 atom stereocenters. The number of aryl methyl sites for hydroxylation is 1. The standard InChI is InChI=1S/C10H12N2OS/c1-7-6-9(13-12-7)10-8(2-4-11)3-5-14-10/h3,5-6H,2,4,11H2,1H3. The number of hydrogen-bond acceptors (Lipinski definition) is 4. The highest BCUT2D eigenvalue weighted by Gasteiger charge is 2.10. The molecule has 2 aromatic rings. The van der Waals surface area contributed by atoms with Crippen LogP contribution >= 0.6 is 11.3 Å². The summed E-state index contributed by atoms with van der Waals surface area (Å²) in [6.07, 6.45) is 0.887. The van der Waals surface area contributed by atoms with Gasteiger partial charge in [0.15, 0.2) is 5.76 Å². The maximum Gasteiger partial charge on any atom is 0.177 e. The normalized spacial score (nSPS) is 10.7. The number of hydrogen-bond donors (Lipinski definition) is 1. The lowest BCUT2D eigenvalue weighted by Gasteiger charge is -1.96. The molecule has 0 radical (unpaired) electrons. The SMILES string of the molecule is Cc1cc(-c2sccc2CCN)on1. The van der Waals surface area contributed by atoms with E-state index in [4.69, 9.17) is 10.3 Å². The molecule has 2 rings (SSSR count). The summed E-state index contributed by atoms with van der Waals surface area (Å²) in [5, 5.41) is 5.93. The van der Waals surface area contributed by atoms with Gasteiger partial charge >= 0.3 is 0 Å². The van der Waals surface area contributed by atoms with E-state index in [9.17, 15) is 0 Å². The molecule has 0 unspecified atom stereocenters. The second-order valence-corrected chi connectivity index (χ2v) is 4.06. The van der Waals surface area contributed by atoms with Crippen LogP contribution in [0.4, 0.5) is 0 Å². The minimum absolute atomic E-state index is 0.664. The third-order valence-electron chi connectivity index (χ3n) is 2.01. The Morgan fingerprint density at radius 2 is 2.43 bits per heavy atom. The quantitative estimate of drug-likeness (QED) is 0.841. The third kappa shape index (κ3) is 1.71. The summed E-state index contributed by atoms with van der Waals surface area (Å²) in [7, 11) is 0. The van der Waals surface area contributed by atoms with Crippen LogP contribution in [0.3, 0.4) is 0 Å². The minimum Gasteiger partial charge on any atom is -0.355 e. The van der Waals surface area contributed by atoms with Crippen LogP contribution in [-0.2, 0) is 6.42 Å². The molecular formula is C10H12N2OS. The Bertz CT molecular complexity index is 419. The summed E-state index contributed by atoms with van der Waals surface area (Å²) in [5.41, 5.74) is 7.68. The largest absolute Gasteiger partial charge is 0.355 e. The van der Waals surface area contributed by atoms with Gasteiger partial charge in [0, 0.05) is 6.07 Å². The van der Waals surface area contributed by atoms with Gasteiger partial charge in [0.05, 0.1) is 10.6 Å². The average Bonchev–Trinajstić information content (AvgIpc) is 2.74. The molecule has 74 valence electrons. The Labute approximate surface area is 86.5 Å². The summed E-state index contributed by atoms with van der Waals surface area (Å²) in [5.74, 6) is 0.848. The summed E-state index contributed by atoms with van der Waals surface area (Å²) in [4.78, 5) is 1.15.